The summed E-state index contributed by atoms with van der Waals surface area (Å²) in [6.07, 6.45) is -3.87. The maximum absolute atomic E-state index is 13.5. The Kier molecular flexibility index (Phi) is 7.48. The second-order valence-electron chi connectivity index (χ2n) is 9.25. The lowest BCUT2D eigenvalue weighted by molar-refractivity contribution is -0.141. The fourth-order valence-electron chi connectivity index (χ4n) is 5.22. The largest absolute Gasteiger partial charge is 0.434 e. The zero-order valence-electron chi connectivity index (χ0n) is 19.6. The summed E-state index contributed by atoms with van der Waals surface area (Å²) < 4.78 is 40.5. The van der Waals surface area contributed by atoms with Crippen LogP contribution in [0.25, 0.3) is 10.9 Å². The standard InChI is InChI=1S/C24H24Cl3F3N6O/c25-14-1-3-19-17(9-14)16-5-6-34(13-20(16)32-19)11-15-12-35(22(37)10-31-27)7-8-36(15)21-4-2-18(26)23(33-21)24(28,29)30/h1-4,9,15,31-32H,5-8,10-13H2. The molecule has 1 aromatic carbocycles. The van der Waals surface area contributed by atoms with Crippen LogP contribution in [0.2, 0.25) is 10.0 Å². The molecule has 1 saturated heterocycles. The monoisotopic (exact) mass is 574 g/mol. The molecule has 2 N–H and O–H groups in total. The van der Waals surface area contributed by atoms with E-state index in [0.717, 1.165) is 29.6 Å². The number of halogens is 6. The van der Waals surface area contributed by atoms with Crippen molar-refractivity contribution < 1.29 is 18.0 Å². The number of aromatic amines is 1. The van der Waals surface area contributed by atoms with Gasteiger partial charge in [-0.15, -0.1) is 0 Å². The summed E-state index contributed by atoms with van der Waals surface area (Å²) in [7, 11) is 0. The number of amides is 1. The van der Waals surface area contributed by atoms with Gasteiger partial charge >= 0.3 is 6.18 Å². The number of H-pyrrole nitrogens is 1. The Bertz CT molecular complexity index is 1320. The summed E-state index contributed by atoms with van der Waals surface area (Å²) in [6, 6.07) is 8.20. The lowest BCUT2D eigenvalue weighted by Gasteiger charge is -2.44. The number of fused-ring (bicyclic) bond motifs is 3. The molecule has 0 bridgehead atoms. The van der Waals surface area contributed by atoms with Crippen molar-refractivity contribution in [2.24, 2.45) is 0 Å². The number of aromatic nitrogens is 2. The number of hydrogen-bond donors (Lipinski definition) is 2. The summed E-state index contributed by atoms with van der Waals surface area (Å²) in [5.74, 6) is 0.00960. The summed E-state index contributed by atoms with van der Waals surface area (Å²) in [4.78, 5) is 28.0. The SMILES string of the molecule is O=C(CNCl)N1CCN(c2ccc(Cl)c(C(F)(F)F)n2)C(CN2CCc3c([nH]c4ccc(Cl)cc34)C2)C1. The fraction of sp³-hybridized carbons (Fsp3) is 0.417. The maximum atomic E-state index is 13.5. The molecule has 2 aliphatic heterocycles. The van der Waals surface area contributed by atoms with Crippen LogP contribution in [-0.2, 0) is 23.9 Å². The lowest BCUT2D eigenvalue weighted by Crippen LogP contribution is -2.59. The molecule has 0 spiro atoms. The van der Waals surface area contributed by atoms with Crippen LogP contribution in [-0.4, -0.2) is 71.0 Å². The number of hydrogen-bond acceptors (Lipinski definition) is 5. The van der Waals surface area contributed by atoms with Crippen LogP contribution in [0.15, 0.2) is 30.3 Å². The van der Waals surface area contributed by atoms with E-state index in [1.165, 1.54) is 17.7 Å². The van der Waals surface area contributed by atoms with Crippen molar-refractivity contribution >= 4 is 57.6 Å². The van der Waals surface area contributed by atoms with Crippen LogP contribution in [0, 0.1) is 0 Å². The zero-order chi connectivity index (χ0) is 26.3. The molecule has 37 heavy (non-hydrogen) atoms. The van der Waals surface area contributed by atoms with Crippen molar-refractivity contribution in [3.05, 3.63) is 57.3 Å². The number of piperazine rings is 1. The van der Waals surface area contributed by atoms with E-state index >= 15 is 0 Å². The van der Waals surface area contributed by atoms with Crippen LogP contribution in [0.4, 0.5) is 19.0 Å². The van der Waals surface area contributed by atoms with E-state index in [0.29, 0.717) is 37.7 Å². The fourth-order valence-corrected chi connectivity index (χ4v) is 5.72. The minimum absolute atomic E-state index is 0.0314. The average Bonchev–Trinajstić information content (AvgIpc) is 3.21. The molecule has 1 amide bonds. The van der Waals surface area contributed by atoms with Gasteiger partial charge in [0, 0.05) is 60.9 Å². The van der Waals surface area contributed by atoms with Crippen LogP contribution < -0.4 is 9.74 Å². The molecule has 1 unspecified atom stereocenters. The highest BCUT2D eigenvalue weighted by atomic mass is 35.5. The van der Waals surface area contributed by atoms with Gasteiger partial charge in [-0.1, -0.05) is 23.2 Å². The second-order valence-corrected chi connectivity index (χ2v) is 10.4. The third kappa shape index (κ3) is 5.49. The number of anilines is 1. The molecule has 2 aromatic heterocycles. The summed E-state index contributed by atoms with van der Waals surface area (Å²) in [6.45, 7) is 2.90. The topological polar surface area (TPSA) is 67.5 Å². The van der Waals surface area contributed by atoms with Crippen molar-refractivity contribution in [2.45, 2.75) is 25.2 Å². The molecule has 4 heterocycles. The number of nitrogens with one attached hydrogen (secondary N) is 2. The third-order valence-corrected chi connectivity index (χ3v) is 7.61. The Morgan fingerprint density at radius 3 is 2.73 bits per heavy atom. The second kappa shape index (κ2) is 10.5. The van der Waals surface area contributed by atoms with Crippen molar-refractivity contribution in [2.75, 3.05) is 44.2 Å². The van der Waals surface area contributed by atoms with E-state index in [-0.39, 0.29) is 24.3 Å². The molecule has 3 aromatic rings. The molecule has 7 nitrogen and oxygen atoms in total. The predicted octanol–water partition coefficient (Wildman–Crippen LogP) is 4.71. The Morgan fingerprint density at radius 2 is 1.97 bits per heavy atom. The van der Waals surface area contributed by atoms with E-state index in [4.69, 9.17) is 35.0 Å². The first-order valence-electron chi connectivity index (χ1n) is 11.8. The van der Waals surface area contributed by atoms with Crippen LogP contribution in [0.1, 0.15) is 17.0 Å². The van der Waals surface area contributed by atoms with Gasteiger partial charge in [0.1, 0.15) is 5.82 Å². The first-order chi connectivity index (χ1) is 17.6. The van der Waals surface area contributed by atoms with E-state index in [1.807, 2.05) is 23.1 Å². The molecule has 0 saturated carbocycles. The van der Waals surface area contributed by atoms with Crippen molar-refractivity contribution in [1.82, 2.24) is 24.6 Å². The minimum Gasteiger partial charge on any atom is -0.357 e. The van der Waals surface area contributed by atoms with Gasteiger partial charge < -0.3 is 14.8 Å². The Morgan fingerprint density at radius 1 is 1.16 bits per heavy atom. The molecule has 1 fully saturated rings. The van der Waals surface area contributed by atoms with Gasteiger partial charge in [0.15, 0.2) is 5.69 Å². The number of rotatable bonds is 5. The number of carbonyl (C=O) groups is 1. The van der Waals surface area contributed by atoms with E-state index < -0.39 is 16.9 Å². The summed E-state index contributed by atoms with van der Waals surface area (Å²) in [5, 5.41) is 1.34. The van der Waals surface area contributed by atoms with Gasteiger partial charge in [0.25, 0.3) is 0 Å². The van der Waals surface area contributed by atoms with Gasteiger partial charge in [-0.2, -0.15) is 13.2 Å². The van der Waals surface area contributed by atoms with Crippen molar-refractivity contribution in [1.29, 1.82) is 0 Å². The number of pyridine rings is 1. The molecule has 0 aliphatic carbocycles. The maximum Gasteiger partial charge on any atom is 0.434 e. The summed E-state index contributed by atoms with van der Waals surface area (Å²) in [5.41, 5.74) is 2.23. The van der Waals surface area contributed by atoms with Gasteiger partial charge in [-0.25, -0.2) is 9.82 Å². The highest BCUT2D eigenvalue weighted by Gasteiger charge is 2.38. The van der Waals surface area contributed by atoms with Crippen molar-refractivity contribution in [3.8, 4) is 0 Å². The molecular weight excluding hydrogens is 552 g/mol. The van der Waals surface area contributed by atoms with Gasteiger partial charge in [-0.3, -0.25) is 9.69 Å². The molecule has 13 heteroatoms. The Hall–Kier alpha value is -2.24. The lowest BCUT2D eigenvalue weighted by atomic mass is 10.0. The number of alkyl halides is 3. The van der Waals surface area contributed by atoms with E-state index in [9.17, 15) is 18.0 Å². The average molecular weight is 576 g/mol. The van der Waals surface area contributed by atoms with Crippen LogP contribution >= 0.6 is 35.0 Å². The zero-order valence-corrected chi connectivity index (χ0v) is 21.9. The number of nitrogens with zero attached hydrogens (tertiary/aromatic N) is 4. The first-order valence-corrected chi connectivity index (χ1v) is 12.9. The minimum atomic E-state index is -4.67. The van der Waals surface area contributed by atoms with Crippen molar-refractivity contribution in [3.63, 3.8) is 0 Å². The highest BCUT2D eigenvalue weighted by Crippen LogP contribution is 2.35. The van der Waals surface area contributed by atoms with E-state index in [1.54, 1.807) is 4.90 Å². The Balaban J connectivity index is 1.41. The molecule has 5 rings (SSSR count). The van der Waals surface area contributed by atoms with Gasteiger partial charge in [0.2, 0.25) is 5.91 Å². The normalized spacial score (nSPS) is 18.9. The smallest absolute Gasteiger partial charge is 0.357 e. The molecular formula is C24H24Cl3F3N6O. The first kappa shape index (κ1) is 26.4. The van der Waals surface area contributed by atoms with Crippen LogP contribution in [0.3, 0.4) is 0 Å². The molecule has 198 valence electrons. The predicted molar refractivity (Wildman–Crippen MR) is 138 cm³/mol. The molecule has 1 atom stereocenters. The highest BCUT2D eigenvalue weighted by molar-refractivity contribution is 6.31. The quantitative estimate of drug-likeness (QED) is 0.432. The van der Waals surface area contributed by atoms with Gasteiger partial charge in [0.05, 0.1) is 17.6 Å². The number of benzene rings is 1. The Labute approximate surface area is 226 Å². The third-order valence-electron chi connectivity index (χ3n) is 6.93. The van der Waals surface area contributed by atoms with Crippen LogP contribution in [0.5, 0.6) is 0 Å². The molecule has 2 aliphatic rings. The molecule has 0 radical (unpaired) electrons. The summed E-state index contributed by atoms with van der Waals surface area (Å²) >= 11 is 17.6. The number of carbonyl (C=O) groups excluding carboxylic acids is 1. The van der Waals surface area contributed by atoms with Gasteiger partial charge in [-0.05, 0) is 54.1 Å². The van der Waals surface area contributed by atoms with E-state index in [2.05, 4.69) is 19.7 Å².